The summed E-state index contributed by atoms with van der Waals surface area (Å²) < 4.78 is 28.2. The molecular weight excluding hydrogens is 346 g/mol. The number of halogens is 2. The van der Waals surface area contributed by atoms with Crippen molar-refractivity contribution >= 4 is 11.4 Å². The van der Waals surface area contributed by atoms with Crippen molar-refractivity contribution in [3.05, 3.63) is 82.9 Å². The van der Waals surface area contributed by atoms with Crippen molar-refractivity contribution < 1.29 is 8.78 Å². The van der Waals surface area contributed by atoms with E-state index in [9.17, 15) is 8.78 Å². The van der Waals surface area contributed by atoms with Crippen LogP contribution in [0.4, 0.5) is 14.6 Å². The van der Waals surface area contributed by atoms with Crippen LogP contribution in [0.25, 0.3) is 16.8 Å². The number of nitrogens with zero attached hydrogens (tertiary/aromatic N) is 3. The van der Waals surface area contributed by atoms with E-state index in [0.717, 1.165) is 22.8 Å². The normalized spacial score (nSPS) is 14.4. The predicted molar refractivity (Wildman–Crippen MR) is 102 cm³/mol. The van der Waals surface area contributed by atoms with E-state index in [1.165, 1.54) is 6.07 Å². The molecule has 2 heterocycles. The van der Waals surface area contributed by atoms with Crippen LogP contribution in [0.5, 0.6) is 0 Å². The third-order valence-electron chi connectivity index (χ3n) is 4.67. The first-order valence-corrected chi connectivity index (χ1v) is 8.59. The average Bonchev–Trinajstić information content (AvgIpc) is 2.82. The lowest BCUT2D eigenvalue weighted by Gasteiger charge is -2.15. The number of anilines is 1. The van der Waals surface area contributed by atoms with Crippen LogP contribution in [0.2, 0.25) is 0 Å². The van der Waals surface area contributed by atoms with Crippen LogP contribution in [0.15, 0.2) is 54.6 Å². The summed E-state index contributed by atoms with van der Waals surface area (Å²) in [5, 5.41) is 8.03. The van der Waals surface area contributed by atoms with E-state index in [4.69, 9.17) is 5.73 Å². The van der Waals surface area contributed by atoms with Gasteiger partial charge in [-0.05, 0) is 48.0 Å². The van der Waals surface area contributed by atoms with Crippen LogP contribution in [0.3, 0.4) is 0 Å². The summed E-state index contributed by atoms with van der Waals surface area (Å²) in [6, 6.07) is 13.6. The molecule has 6 heteroatoms. The Morgan fingerprint density at radius 2 is 1.85 bits per heavy atom. The number of nitrogens with two attached hydrogens (primary N) is 1. The molecule has 0 atom stereocenters. The molecule has 4 nitrogen and oxygen atoms in total. The Bertz CT molecular complexity index is 1030. The lowest BCUT2D eigenvalue weighted by atomic mass is 9.92. The Kier molecular flexibility index (Phi) is 4.41. The highest BCUT2D eigenvalue weighted by atomic mass is 19.2. The minimum absolute atomic E-state index is 0.270. The second kappa shape index (κ2) is 6.89. The number of benzene rings is 2. The van der Waals surface area contributed by atoms with Crippen molar-refractivity contribution in [2.24, 2.45) is 0 Å². The maximum Gasteiger partial charge on any atom is 0.166 e. The van der Waals surface area contributed by atoms with Crippen LogP contribution in [-0.4, -0.2) is 28.7 Å². The van der Waals surface area contributed by atoms with Gasteiger partial charge in [0.25, 0.3) is 0 Å². The highest BCUT2D eigenvalue weighted by Crippen LogP contribution is 2.33. The minimum atomic E-state index is -0.846. The number of aromatic nitrogens is 2. The van der Waals surface area contributed by atoms with Crippen molar-refractivity contribution in [3.63, 3.8) is 0 Å². The van der Waals surface area contributed by atoms with E-state index >= 15 is 0 Å². The molecule has 0 saturated heterocycles. The summed E-state index contributed by atoms with van der Waals surface area (Å²) in [7, 11) is 1.99. The molecule has 4 rings (SSSR count). The van der Waals surface area contributed by atoms with Gasteiger partial charge in [-0.15, -0.1) is 10.2 Å². The van der Waals surface area contributed by atoms with Gasteiger partial charge in [-0.3, -0.25) is 4.90 Å². The van der Waals surface area contributed by atoms with E-state index in [1.807, 2.05) is 37.4 Å². The molecule has 2 N–H and O–H groups in total. The summed E-state index contributed by atoms with van der Waals surface area (Å²) in [5.41, 5.74) is 10.1. The summed E-state index contributed by atoms with van der Waals surface area (Å²) in [6.45, 7) is 1.32. The van der Waals surface area contributed by atoms with Crippen LogP contribution < -0.4 is 5.73 Å². The quantitative estimate of drug-likeness (QED) is 0.750. The Labute approximate surface area is 156 Å². The zero-order valence-electron chi connectivity index (χ0n) is 14.8. The first kappa shape index (κ1) is 17.3. The van der Waals surface area contributed by atoms with Gasteiger partial charge in [0, 0.05) is 24.2 Å². The molecule has 0 spiro atoms. The summed E-state index contributed by atoms with van der Waals surface area (Å²) in [6.07, 6.45) is 1.94. The molecule has 0 amide bonds. The van der Waals surface area contributed by atoms with Crippen LogP contribution in [0, 0.1) is 11.6 Å². The zero-order chi connectivity index (χ0) is 19.0. The third-order valence-corrected chi connectivity index (χ3v) is 4.67. The molecule has 0 radical (unpaired) electrons. The van der Waals surface area contributed by atoms with E-state index in [1.54, 1.807) is 12.1 Å². The fourth-order valence-corrected chi connectivity index (χ4v) is 3.32. The molecule has 1 aromatic heterocycles. The highest BCUT2D eigenvalue weighted by molar-refractivity contribution is 5.83. The summed E-state index contributed by atoms with van der Waals surface area (Å²) >= 11 is 0. The van der Waals surface area contributed by atoms with Gasteiger partial charge in [-0.25, -0.2) is 8.78 Å². The van der Waals surface area contributed by atoms with E-state index in [-0.39, 0.29) is 5.56 Å². The van der Waals surface area contributed by atoms with Gasteiger partial charge in [0.1, 0.15) is 5.82 Å². The van der Waals surface area contributed by atoms with E-state index < -0.39 is 11.6 Å². The molecule has 0 saturated carbocycles. The number of hydrogen-bond acceptors (Lipinski definition) is 4. The van der Waals surface area contributed by atoms with E-state index in [2.05, 4.69) is 15.1 Å². The van der Waals surface area contributed by atoms with Crippen molar-refractivity contribution in [3.8, 4) is 11.3 Å². The van der Waals surface area contributed by atoms with Crippen molar-refractivity contribution in [1.82, 2.24) is 15.1 Å². The maximum atomic E-state index is 14.4. The van der Waals surface area contributed by atoms with Crippen LogP contribution in [0.1, 0.15) is 16.7 Å². The molecule has 27 heavy (non-hydrogen) atoms. The standard InChI is InChI=1S/C21H18F2N4/c1-27-10-9-16(17-3-2-4-18(22)21(17)23)15-6-5-13(11-14(15)12-27)19-7-8-20(24)26-25-19/h2-9,11H,10,12H2,1H3,(H2,24,26). The molecule has 0 unspecified atom stereocenters. The molecule has 0 aliphatic carbocycles. The molecule has 1 aliphatic heterocycles. The summed E-state index contributed by atoms with van der Waals surface area (Å²) in [5.74, 6) is -1.31. The van der Waals surface area contributed by atoms with Crippen molar-refractivity contribution in [2.75, 3.05) is 19.3 Å². The number of likely N-dealkylation sites (N-methyl/N-ethyl adjacent to an activating group) is 1. The van der Waals surface area contributed by atoms with Gasteiger partial charge >= 0.3 is 0 Å². The Morgan fingerprint density at radius 3 is 2.63 bits per heavy atom. The molecule has 3 aromatic rings. The number of fused-ring (bicyclic) bond motifs is 1. The largest absolute Gasteiger partial charge is 0.382 e. The average molecular weight is 364 g/mol. The van der Waals surface area contributed by atoms with Gasteiger partial charge in [-0.1, -0.05) is 30.3 Å². The molecule has 0 fully saturated rings. The van der Waals surface area contributed by atoms with Crippen molar-refractivity contribution in [1.29, 1.82) is 0 Å². The first-order chi connectivity index (χ1) is 13.0. The third kappa shape index (κ3) is 3.31. The maximum absolute atomic E-state index is 14.4. The number of hydrogen-bond donors (Lipinski definition) is 1. The van der Waals surface area contributed by atoms with Crippen molar-refractivity contribution in [2.45, 2.75) is 6.54 Å². The second-order valence-corrected chi connectivity index (χ2v) is 6.63. The van der Waals surface area contributed by atoms with Gasteiger partial charge < -0.3 is 5.73 Å². The Hall–Kier alpha value is -3.12. The molecule has 2 aromatic carbocycles. The zero-order valence-corrected chi connectivity index (χ0v) is 14.8. The second-order valence-electron chi connectivity index (χ2n) is 6.63. The van der Waals surface area contributed by atoms with Crippen LogP contribution in [-0.2, 0) is 6.54 Å². The molecule has 136 valence electrons. The smallest absolute Gasteiger partial charge is 0.166 e. The highest BCUT2D eigenvalue weighted by Gasteiger charge is 2.20. The molecule has 1 aliphatic rings. The molecular formula is C21H18F2N4. The first-order valence-electron chi connectivity index (χ1n) is 8.59. The SMILES string of the molecule is CN1CC=C(c2cccc(F)c2F)c2ccc(-c3ccc(N)nn3)cc2C1. The number of nitrogen functional groups attached to an aromatic ring is 1. The fraction of sp³-hybridized carbons (Fsp3) is 0.143. The lowest BCUT2D eigenvalue weighted by Crippen LogP contribution is -2.16. The minimum Gasteiger partial charge on any atom is -0.382 e. The monoisotopic (exact) mass is 364 g/mol. The Balaban J connectivity index is 1.84. The van der Waals surface area contributed by atoms with Gasteiger partial charge in [0.2, 0.25) is 0 Å². The molecule has 0 bridgehead atoms. The lowest BCUT2D eigenvalue weighted by molar-refractivity contribution is 0.366. The van der Waals surface area contributed by atoms with Gasteiger partial charge in [0.05, 0.1) is 5.69 Å². The van der Waals surface area contributed by atoms with Gasteiger partial charge in [-0.2, -0.15) is 0 Å². The topological polar surface area (TPSA) is 55.0 Å². The fourth-order valence-electron chi connectivity index (χ4n) is 3.32. The Morgan fingerprint density at radius 1 is 1.00 bits per heavy atom. The van der Waals surface area contributed by atoms with E-state index in [0.29, 0.717) is 30.2 Å². The van der Waals surface area contributed by atoms with Crippen LogP contribution >= 0.6 is 0 Å². The number of rotatable bonds is 2. The predicted octanol–water partition coefficient (Wildman–Crippen LogP) is 3.88. The van der Waals surface area contributed by atoms with Gasteiger partial charge in [0.15, 0.2) is 11.6 Å². The summed E-state index contributed by atoms with van der Waals surface area (Å²) in [4.78, 5) is 2.11.